The summed E-state index contributed by atoms with van der Waals surface area (Å²) in [5, 5.41) is 7.75. The number of methoxy groups -OCH3 is 1. The minimum Gasteiger partial charge on any atom is -0.495 e. The van der Waals surface area contributed by atoms with Gasteiger partial charge in [0.25, 0.3) is 5.56 Å². The molecule has 3 heterocycles. The molecule has 29 heavy (non-hydrogen) atoms. The summed E-state index contributed by atoms with van der Waals surface area (Å²) in [5.41, 5.74) is 1.91. The first-order valence-electron chi connectivity index (χ1n) is 8.62. The number of benzene rings is 1. The number of aromatic nitrogens is 2. The normalized spacial score (nSPS) is 11.0. The molecule has 0 aliphatic carbocycles. The predicted octanol–water partition coefficient (Wildman–Crippen LogP) is 4.80. The van der Waals surface area contributed by atoms with Crippen LogP contribution in [-0.2, 0) is 11.3 Å². The van der Waals surface area contributed by atoms with Crippen LogP contribution in [0.15, 0.2) is 46.1 Å². The SMILES string of the molecule is COc1cc(Cl)c(C)cc1NC(=O)Cn1cnc2scc(-c3cccs3)c2c1=O. The summed E-state index contributed by atoms with van der Waals surface area (Å²) in [4.78, 5) is 31.6. The van der Waals surface area contributed by atoms with Gasteiger partial charge < -0.3 is 10.1 Å². The molecule has 148 valence electrons. The second kappa shape index (κ2) is 7.98. The molecule has 4 rings (SSSR count). The van der Waals surface area contributed by atoms with Crippen molar-refractivity contribution in [2.45, 2.75) is 13.5 Å². The van der Waals surface area contributed by atoms with E-state index in [4.69, 9.17) is 16.3 Å². The minimum atomic E-state index is -0.360. The molecule has 0 aliphatic rings. The van der Waals surface area contributed by atoms with E-state index in [1.807, 2.05) is 29.8 Å². The first-order chi connectivity index (χ1) is 14.0. The molecule has 0 unspecified atom stereocenters. The van der Waals surface area contributed by atoms with Crippen LogP contribution in [-0.4, -0.2) is 22.6 Å². The second-order valence-corrected chi connectivity index (χ2v) is 8.55. The molecule has 0 radical (unpaired) electrons. The molecule has 1 aromatic carbocycles. The summed E-state index contributed by atoms with van der Waals surface area (Å²) in [6.07, 6.45) is 1.41. The predicted molar refractivity (Wildman–Crippen MR) is 119 cm³/mol. The van der Waals surface area contributed by atoms with Gasteiger partial charge in [0.05, 0.1) is 24.5 Å². The van der Waals surface area contributed by atoms with Crippen molar-refractivity contribution in [2.24, 2.45) is 0 Å². The van der Waals surface area contributed by atoms with Crippen molar-refractivity contribution < 1.29 is 9.53 Å². The summed E-state index contributed by atoms with van der Waals surface area (Å²) in [5.74, 6) is 0.0915. The lowest BCUT2D eigenvalue weighted by Gasteiger charge is -2.13. The second-order valence-electron chi connectivity index (χ2n) is 6.33. The Hall–Kier alpha value is -2.68. The van der Waals surface area contributed by atoms with Crippen molar-refractivity contribution in [1.82, 2.24) is 9.55 Å². The molecule has 3 aromatic heterocycles. The highest BCUT2D eigenvalue weighted by molar-refractivity contribution is 7.18. The number of thiophene rings is 2. The number of carbonyl (C=O) groups excluding carboxylic acids is 1. The van der Waals surface area contributed by atoms with E-state index in [2.05, 4.69) is 10.3 Å². The van der Waals surface area contributed by atoms with Crippen molar-refractivity contribution in [3.05, 3.63) is 62.3 Å². The summed E-state index contributed by atoms with van der Waals surface area (Å²) >= 11 is 9.09. The van der Waals surface area contributed by atoms with Crippen molar-refractivity contribution in [3.63, 3.8) is 0 Å². The topological polar surface area (TPSA) is 73.2 Å². The Morgan fingerprint density at radius 2 is 2.17 bits per heavy atom. The van der Waals surface area contributed by atoms with E-state index in [9.17, 15) is 9.59 Å². The Morgan fingerprint density at radius 3 is 2.90 bits per heavy atom. The van der Waals surface area contributed by atoms with E-state index in [0.29, 0.717) is 26.7 Å². The fraction of sp³-hybridized carbons (Fsp3) is 0.150. The molecule has 0 saturated heterocycles. The number of fused-ring (bicyclic) bond motifs is 1. The van der Waals surface area contributed by atoms with Gasteiger partial charge in [-0.25, -0.2) is 4.98 Å². The molecule has 9 heteroatoms. The zero-order valence-electron chi connectivity index (χ0n) is 15.6. The molecule has 0 bridgehead atoms. The number of ether oxygens (including phenoxy) is 1. The number of hydrogen-bond donors (Lipinski definition) is 1. The Bertz CT molecular complexity index is 1260. The van der Waals surface area contributed by atoms with Gasteiger partial charge in [0.1, 0.15) is 17.1 Å². The summed E-state index contributed by atoms with van der Waals surface area (Å²) in [6.45, 7) is 1.68. The van der Waals surface area contributed by atoms with Gasteiger partial charge in [-0.05, 0) is 30.0 Å². The highest BCUT2D eigenvalue weighted by Crippen LogP contribution is 2.33. The van der Waals surface area contributed by atoms with Crippen LogP contribution in [0.4, 0.5) is 5.69 Å². The maximum absolute atomic E-state index is 13.0. The number of nitrogens with zero attached hydrogens (tertiary/aromatic N) is 2. The maximum Gasteiger partial charge on any atom is 0.263 e. The number of anilines is 1. The third-order valence-corrected chi connectivity index (χ3v) is 6.61. The number of halogens is 1. The first-order valence-corrected chi connectivity index (χ1v) is 10.8. The average molecular weight is 446 g/mol. The molecular weight excluding hydrogens is 430 g/mol. The van der Waals surface area contributed by atoms with Crippen LogP contribution in [0.5, 0.6) is 5.75 Å². The Morgan fingerprint density at radius 1 is 1.34 bits per heavy atom. The van der Waals surface area contributed by atoms with Gasteiger partial charge in [-0.1, -0.05) is 17.7 Å². The smallest absolute Gasteiger partial charge is 0.263 e. The lowest BCUT2D eigenvalue weighted by atomic mass is 10.2. The number of rotatable bonds is 5. The largest absolute Gasteiger partial charge is 0.495 e. The molecule has 0 atom stereocenters. The standard InChI is InChI=1S/C20H16ClN3O3S2/c1-11-6-14(15(27-2)7-13(11)21)23-17(25)8-24-10-22-19-18(20(24)26)12(9-29-19)16-4-3-5-28-16/h3-7,9-10H,8H2,1-2H3,(H,23,25). The molecule has 0 aliphatic heterocycles. The zero-order valence-corrected chi connectivity index (χ0v) is 18.0. The van der Waals surface area contributed by atoms with Gasteiger partial charge in [0.2, 0.25) is 5.91 Å². The third-order valence-electron chi connectivity index (χ3n) is 4.42. The van der Waals surface area contributed by atoms with Crippen molar-refractivity contribution >= 4 is 56.1 Å². The van der Waals surface area contributed by atoms with Crippen LogP contribution in [0, 0.1) is 6.92 Å². The van der Waals surface area contributed by atoms with Crippen LogP contribution in [0.25, 0.3) is 20.7 Å². The van der Waals surface area contributed by atoms with Crippen LogP contribution in [0.3, 0.4) is 0 Å². The fourth-order valence-corrected chi connectivity index (χ4v) is 4.84. The highest BCUT2D eigenvalue weighted by Gasteiger charge is 2.16. The van der Waals surface area contributed by atoms with E-state index in [1.165, 1.54) is 29.3 Å². The molecule has 1 amide bonds. The highest BCUT2D eigenvalue weighted by atomic mass is 35.5. The lowest BCUT2D eigenvalue weighted by molar-refractivity contribution is -0.116. The van der Waals surface area contributed by atoms with Gasteiger partial charge in [0.15, 0.2) is 0 Å². The van der Waals surface area contributed by atoms with Crippen molar-refractivity contribution in [1.29, 1.82) is 0 Å². The minimum absolute atomic E-state index is 0.160. The van der Waals surface area contributed by atoms with Gasteiger partial charge in [-0.3, -0.25) is 14.2 Å². The molecule has 6 nitrogen and oxygen atoms in total. The zero-order chi connectivity index (χ0) is 20.5. The molecular formula is C20H16ClN3O3S2. The number of hydrogen-bond acceptors (Lipinski definition) is 6. The molecule has 0 fully saturated rings. The van der Waals surface area contributed by atoms with Crippen molar-refractivity contribution in [3.8, 4) is 16.2 Å². The van der Waals surface area contributed by atoms with Gasteiger partial charge in [-0.2, -0.15) is 0 Å². The van der Waals surface area contributed by atoms with Crippen LogP contribution in [0.2, 0.25) is 5.02 Å². The lowest BCUT2D eigenvalue weighted by Crippen LogP contribution is -2.28. The Labute approximate surface area is 179 Å². The number of carbonyl (C=O) groups is 1. The van der Waals surface area contributed by atoms with Crippen LogP contribution >= 0.6 is 34.3 Å². The summed E-state index contributed by atoms with van der Waals surface area (Å²) < 4.78 is 6.60. The monoisotopic (exact) mass is 445 g/mol. The van der Waals surface area contributed by atoms with Crippen molar-refractivity contribution in [2.75, 3.05) is 12.4 Å². The molecule has 0 saturated carbocycles. The number of amides is 1. The molecule has 4 aromatic rings. The third kappa shape index (κ3) is 3.78. The van der Waals surface area contributed by atoms with Crippen LogP contribution in [0.1, 0.15) is 5.56 Å². The van der Waals surface area contributed by atoms with E-state index < -0.39 is 0 Å². The Kier molecular flexibility index (Phi) is 5.40. The molecule has 1 N–H and O–H groups in total. The summed E-state index contributed by atoms with van der Waals surface area (Å²) in [6, 6.07) is 7.28. The maximum atomic E-state index is 13.0. The fourth-order valence-electron chi connectivity index (χ4n) is 2.97. The van der Waals surface area contributed by atoms with Gasteiger partial charge in [-0.15, -0.1) is 22.7 Å². The van der Waals surface area contributed by atoms with Gasteiger partial charge >= 0.3 is 0 Å². The first kappa shape index (κ1) is 19.6. The van der Waals surface area contributed by atoms with Gasteiger partial charge in [0, 0.05) is 26.9 Å². The quantitative estimate of drug-likeness (QED) is 0.479. The van der Waals surface area contributed by atoms with E-state index in [-0.39, 0.29) is 18.0 Å². The number of aryl methyl sites for hydroxylation is 1. The number of nitrogens with one attached hydrogen (secondary N) is 1. The summed E-state index contributed by atoms with van der Waals surface area (Å²) in [7, 11) is 1.50. The van der Waals surface area contributed by atoms with Crippen LogP contribution < -0.4 is 15.6 Å². The Balaban J connectivity index is 1.64. The van der Waals surface area contributed by atoms with E-state index in [1.54, 1.807) is 23.5 Å². The van der Waals surface area contributed by atoms with E-state index in [0.717, 1.165) is 16.0 Å². The molecule has 0 spiro atoms. The van der Waals surface area contributed by atoms with E-state index >= 15 is 0 Å². The average Bonchev–Trinajstić information content (AvgIpc) is 3.36.